The normalized spacial score (nSPS) is 17.0. The number of hydrogen-bond acceptors (Lipinski definition) is 4. The average Bonchev–Trinajstić information content (AvgIpc) is 3.03. The zero-order valence-electron chi connectivity index (χ0n) is 14.8. The third kappa shape index (κ3) is 3.24. The second kappa shape index (κ2) is 7.37. The molecule has 0 spiro atoms. The number of benzene rings is 2. The first-order valence-electron chi connectivity index (χ1n) is 8.82. The molecule has 1 amide bonds. The van der Waals surface area contributed by atoms with E-state index in [0.717, 1.165) is 5.69 Å². The molecule has 0 radical (unpaired) electrons. The Bertz CT molecular complexity index is 1080. The summed E-state index contributed by atoms with van der Waals surface area (Å²) in [6, 6.07) is 14.7. The number of hydrogen-bond donors (Lipinski definition) is 0. The van der Waals surface area contributed by atoms with E-state index in [-0.39, 0.29) is 16.7 Å². The van der Waals surface area contributed by atoms with Crippen LogP contribution in [0.4, 0.5) is 5.69 Å². The van der Waals surface area contributed by atoms with Crippen LogP contribution in [-0.4, -0.2) is 27.3 Å². The predicted octanol–water partition coefficient (Wildman–Crippen LogP) is 3.97. The zero-order chi connectivity index (χ0) is 19.0. The van der Waals surface area contributed by atoms with Crippen LogP contribution in [0, 0.1) is 0 Å². The minimum atomic E-state index is -0.285. The highest BCUT2D eigenvalue weighted by atomic mass is 35.5. The van der Waals surface area contributed by atoms with Gasteiger partial charge in [-0.3, -0.25) is 14.2 Å². The summed E-state index contributed by atoms with van der Waals surface area (Å²) in [5.41, 5.74) is 1.31. The Hall–Kier alpha value is -2.31. The molecule has 2 aromatic carbocycles. The summed E-state index contributed by atoms with van der Waals surface area (Å²) in [7, 11) is 0. The van der Waals surface area contributed by atoms with E-state index in [0.29, 0.717) is 40.6 Å². The highest BCUT2D eigenvalue weighted by Gasteiger charge is 2.35. The molecule has 2 heterocycles. The lowest BCUT2D eigenvalue weighted by Crippen LogP contribution is -2.29. The van der Waals surface area contributed by atoms with E-state index in [1.165, 1.54) is 11.8 Å². The lowest BCUT2D eigenvalue weighted by molar-refractivity contribution is -0.116. The van der Waals surface area contributed by atoms with Gasteiger partial charge in [-0.15, -0.1) is 0 Å². The van der Waals surface area contributed by atoms with Gasteiger partial charge in [-0.1, -0.05) is 47.6 Å². The van der Waals surface area contributed by atoms with Crippen LogP contribution in [0.25, 0.3) is 10.9 Å². The quantitative estimate of drug-likeness (QED) is 0.623. The fourth-order valence-corrected chi connectivity index (χ4v) is 4.75. The molecule has 0 saturated carbocycles. The lowest BCUT2D eigenvalue weighted by Gasteiger charge is -2.18. The van der Waals surface area contributed by atoms with Crippen LogP contribution < -0.4 is 10.5 Å². The number of nitrogens with zero attached hydrogens (tertiary/aromatic N) is 3. The van der Waals surface area contributed by atoms with Gasteiger partial charge in [0, 0.05) is 13.1 Å². The van der Waals surface area contributed by atoms with Gasteiger partial charge in [0.05, 0.1) is 26.9 Å². The summed E-state index contributed by atoms with van der Waals surface area (Å²) >= 11 is 7.61. The zero-order valence-corrected chi connectivity index (χ0v) is 16.3. The van der Waals surface area contributed by atoms with Crippen LogP contribution in [0.15, 0.2) is 58.5 Å². The SMILES string of the molecule is CCn1c(SC2CCN(c3ccccc3Cl)C2=O)nc2ccccc2c1=O. The Balaban J connectivity index is 1.66. The minimum Gasteiger partial charge on any atom is -0.310 e. The second-order valence-electron chi connectivity index (χ2n) is 6.30. The number of amides is 1. The van der Waals surface area contributed by atoms with Crippen molar-refractivity contribution in [3.63, 3.8) is 0 Å². The number of fused-ring (bicyclic) bond motifs is 1. The molecule has 138 valence electrons. The average molecular weight is 400 g/mol. The topological polar surface area (TPSA) is 55.2 Å². The first-order valence-corrected chi connectivity index (χ1v) is 10.1. The van der Waals surface area contributed by atoms with Gasteiger partial charge in [0.1, 0.15) is 0 Å². The van der Waals surface area contributed by atoms with Crippen LogP contribution in [-0.2, 0) is 11.3 Å². The van der Waals surface area contributed by atoms with Crippen LogP contribution in [0.2, 0.25) is 5.02 Å². The monoisotopic (exact) mass is 399 g/mol. The Kier molecular flexibility index (Phi) is 4.93. The molecular formula is C20H18ClN3O2S. The van der Waals surface area contributed by atoms with Gasteiger partial charge in [-0.25, -0.2) is 4.98 Å². The molecule has 1 fully saturated rings. The van der Waals surface area contributed by atoms with Gasteiger partial charge in [-0.2, -0.15) is 0 Å². The Morgan fingerprint density at radius 1 is 1.15 bits per heavy atom. The molecular weight excluding hydrogens is 382 g/mol. The Morgan fingerprint density at radius 2 is 1.89 bits per heavy atom. The summed E-state index contributed by atoms with van der Waals surface area (Å²) in [5.74, 6) is -0.00170. The van der Waals surface area contributed by atoms with Gasteiger partial charge in [0.15, 0.2) is 5.16 Å². The second-order valence-corrected chi connectivity index (χ2v) is 7.87. The van der Waals surface area contributed by atoms with Gasteiger partial charge in [-0.05, 0) is 37.6 Å². The molecule has 0 aliphatic carbocycles. The predicted molar refractivity (Wildman–Crippen MR) is 110 cm³/mol. The molecule has 1 aliphatic rings. The number of aromatic nitrogens is 2. The molecule has 1 saturated heterocycles. The summed E-state index contributed by atoms with van der Waals surface area (Å²) in [6.45, 7) is 3.02. The molecule has 7 heteroatoms. The molecule has 4 rings (SSSR count). The van der Waals surface area contributed by atoms with E-state index in [1.54, 1.807) is 21.6 Å². The number of carbonyl (C=O) groups excluding carboxylic acids is 1. The fourth-order valence-electron chi connectivity index (χ4n) is 3.32. The Morgan fingerprint density at radius 3 is 2.67 bits per heavy atom. The largest absolute Gasteiger partial charge is 0.310 e. The number of halogens is 1. The van der Waals surface area contributed by atoms with Gasteiger partial charge in [0.25, 0.3) is 5.56 Å². The first-order chi connectivity index (χ1) is 13.1. The van der Waals surface area contributed by atoms with Crippen LogP contribution in [0.5, 0.6) is 0 Å². The minimum absolute atomic E-state index is 0.00170. The molecule has 3 aromatic rings. The first kappa shape index (κ1) is 18.1. The van der Waals surface area contributed by atoms with Crippen LogP contribution in [0.1, 0.15) is 13.3 Å². The van der Waals surface area contributed by atoms with Crippen molar-refractivity contribution in [1.82, 2.24) is 9.55 Å². The smallest absolute Gasteiger partial charge is 0.262 e. The van der Waals surface area contributed by atoms with Gasteiger partial charge < -0.3 is 4.90 Å². The van der Waals surface area contributed by atoms with Crippen LogP contribution >= 0.6 is 23.4 Å². The van der Waals surface area contributed by atoms with Crippen molar-refractivity contribution in [3.8, 4) is 0 Å². The number of carbonyl (C=O) groups is 1. The number of thioether (sulfide) groups is 1. The van der Waals surface area contributed by atoms with Crippen molar-refractivity contribution in [2.24, 2.45) is 0 Å². The van der Waals surface area contributed by atoms with E-state index >= 15 is 0 Å². The summed E-state index contributed by atoms with van der Waals surface area (Å²) in [6.07, 6.45) is 0.682. The lowest BCUT2D eigenvalue weighted by atomic mass is 10.2. The maximum atomic E-state index is 12.9. The third-order valence-electron chi connectivity index (χ3n) is 4.69. The van der Waals surface area contributed by atoms with E-state index < -0.39 is 0 Å². The van der Waals surface area contributed by atoms with Crippen molar-refractivity contribution in [3.05, 3.63) is 63.9 Å². The molecule has 5 nitrogen and oxygen atoms in total. The summed E-state index contributed by atoms with van der Waals surface area (Å²) in [4.78, 5) is 32.1. The number of anilines is 1. The molecule has 1 aliphatic heterocycles. The maximum Gasteiger partial charge on any atom is 0.262 e. The molecule has 27 heavy (non-hydrogen) atoms. The molecule has 1 atom stereocenters. The van der Waals surface area contributed by atoms with Crippen LogP contribution in [0.3, 0.4) is 0 Å². The molecule has 0 bridgehead atoms. The fraction of sp³-hybridized carbons (Fsp3) is 0.250. The summed E-state index contributed by atoms with van der Waals surface area (Å²) in [5, 5.41) is 1.46. The van der Waals surface area contributed by atoms with Crippen molar-refractivity contribution in [2.45, 2.75) is 30.3 Å². The third-order valence-corrected chi connectivity index (χ3v) is 6.25. The molecule has 1 aromatic heterocycles. The Labute approximate surface area is 166 Å². The van der Waals surface area contributed by atoms with E-state index in [4.69, 9.17) is 11.6 Å². The van der Waals surface area contributed by atoms with Crippen molar-refractivity contribution >= 4 is 45.9 Å². The van der Waals surface area contributed by atoms with E-state index in [9.17, 15) is 9.59 Å². The van der Waals surface area contributed by atoms with E-state index in [2.05, 4.69) is 4.98 Å². The number of rotatable bonds is 4. The molecule has 0 N–H and O–H groups in total. The van der Waals surface area contributed by atoms with Gasteiger partial charge >= 0.3 is 0 Å². The highest BCUT2D eigenvalue weighted by Crippen LogP contribution is 2.35. The summed E-state index contributed by atoms with van der Waals surface area (Å²) < 4.78 is 1.64. The molecule has 1 unspecified atom stereocenters. The standard InChI is InChI=1S/C20H18ClN3O2S/c1-2-23-18(25)13-7-3-5-9-15(13)22-20(23)27-17-11-12-24(19(17)26)16-10-6-4-8-14(16)21/h3-10,17H,2,11-12H2,1H3. The van der Waals surface area contributed by atoms with Crippen molar-refractivity contribution in [1.29, 1.82) is 0 Å². The van der Waals surface area contributed by atoms with Crippen molar-refractivity contribution < 1.29 is 4.79 Å². The maximum absolute atomic E-state index is 12.9. The highest BCUT2D eigenvalue weighted by molar-refractivity contribution is 8.00. The van der Waals surface area contributed by atoms with Crippen molar-refractivity contribution in [2.75, 3.05) is 11.4 Å². The van der Waals surface area contributed by atoms with E-state index in [1.807, 2.05) is 43.3 Å². The number of para-hydroxylation sites is 2. The van der Waals surface area contributed by atoms with Gasteiger partial charge in [0.2, 0.25) is 5.91 Å².